The molecule has 242 valence electrons. The Morgan fingerprint density at radius 3 is 1.74 bits per heavy atom. The number of carbonyl (C=O) groups is 2. The molecule has 2 N–H and O–H groups in total. The minimum absolute atomic E-state index is 0.00755. The summed E-state index contributed by atoms with van der Waals surface area (Å²) in [6, 6.07) is 7.76. The summed E-state index contributed by atoms with van der Waals surface area (Å²) < 4.78 is 12.5. The fourth-order valence-electron chi connectivity index (χ4n) is 6.61. The normalized spacial score (nSPS) is 19.3. The maximum absolute atomic E-state index is 13.3. The van der Waals surface area contributed by atoms with Crippen molar-refractivity contribution in [3.05, 3.63) is 46.8 Å². The van der Waals surface area contributed by atoms with E-state index in [1.54, 1.807) is 0 Å². The van der Waals surface area contributed by atoms with Crippen molar-refractivity contribution in [2.24, 2.45) is 11.8 Å². The van der Waals surface area contributed by atoms with Gasteiger partial charge in [-0.1, -0.05) is 87.4 Å². The Kier molecular flexibility index (Phi) is 13.0. The molecule has 0 fully saturated rings. The number of alkyl halides is 1. The molecule has 2 heterocycles. The van der Waals surface area contributed by atoms with Crippen LogP contribution in [0.15, 0.2) is 35.7 Å². The molecule has 0 amide bonds. The molecule has 2 aliphatic rings. The van der Waals surface area contributed by atoms with E-state index in [0.717, 1.165) is 49.9 Å². The molecular weight excluding hydrogens is 604 g/mol. The standard InChI is InChI=1S/C36H57BrN2O4/c1-34(2,3)27-19-17-26(18-20-27)33(41)43-36(6,7)29-22-25-39-32-31(29)28(21-24-38-32)35(4,5)42-30(40)16-14-12-10-8-9-11-13-15-23-37/h17-20,28-29,38-39H,8-16,21-25H2,1-7H3. The minimum Gasteiger partial charge on any atom is -0.459 e. The smallest absolute Gasteiger partial charge is 0.338 e. The number of hydrogen-bond donors (Lipinski definition) is 2. The number of esters is 2. The molecule has 0 saturated heterocycles. The highest BCUT2D eigenvalue weighted by Gasteiger charge is 2.48. The number of nitrogens with one attached hydrogen (secondary N) is 2. The topological polar surface area (TPSA) is 76.7 Å². The Morgan fingerprint density at radius 2 is 1.23 bits per heavy atom. The average molecular weight is 662 g/mol. The molecule has 0 saturated carbocycles. The highest BCUT2D eigenvalue weighted by atomic mass is 79.9. The molecule has 0 radical (unpaired) electrons. The van der Waals surface area contributed by atoms with E-state index in [-0.39, 0.29) is 29.2 Å². The van der Waals surface area contributed by atoms with Gasteiger partial charge in [0, 0.05) is 36.7 Å². The van der Waals surface area contributed by atoms with Gasteiger partial charge in [0.25, 0.3) is 0 Å². The zero-order valence-electron chi connectivity index (χ0n) is 27.9. The lowest BCUT2D eigenvalue weighted by atomic mass is 9.68. The van der Waals surface area contributed by atoms with Crippen LogP contribution in [0.25, 0.3) is 0 Å². The Bertz CT molecular complexity index is 1080. The number of halogens is 1. The van der Waals surface area contributed by atoms with Crippen LogP contribution >= 0.6 is 15.9 Å². The number of rotatable bonds is 15. The van der Waals surface area contributed by atoms with Crippen molar-refractivity contribution in [1.82, 2.24) is 10.6 Å². The average Bonchev–Trinajstić information content (AvgIpc) is 2.94. The lowest BCUT2D eigenvalue weighted by molar-refractivity contribution is -0.161. The molecule has 0 bridgehead atoms. The number of unbranched alkanes of at least 4 members (excludes halogenated alkanes) is 7. The van der Waals surface area contributed by atoms with Crippen LogP contribution in [0.5, 0.6) is 0 Å². The Morgan fingerprint density at radius 1 is 0.744 bits per heavy atom. The van der Waals surface area contributed by atoms with E-state index in [2.05, 4.69) is 47.3 Å². The monoisotopic (exact) mass is 660 g/mol. The lowest BCUT2D eigenvalue weighted by Crippen LogP contribution is -2.53. The summed E-state index contributed by atoms with van der Waals surface area (Å²) >= 11 is 3.49. The van der Waals surface area contributed by atoms with Gasteiger partial charge in [0.15, 0.2) is 0 Å². The second kappa shape index (κ2) is 15.8. The van der Waals surface area contributed by atoms with Crippen LogP contribution in [-0.4, -0.2) is 41.6 Å². The van der Waals surface area contributed by atoms with E-state index in [0.29, 0.717) is 12.0 Å². The molecule has 2 aliphatic heterocycles. The van der Waals surface area contributed by atoms with Gasteiger partial charge in [-0.05, 0) is 82.1 Å². The zero-order chi connectivity index (χ0) is 31.7. The molecular formula is C36H57BrN2O4. The Hall–Kier alpha value is -2.02. The second-order valence-corrected chi connectivity index (χ2v) is 15.3. The van der Waals surface area contributed by atoms with Crippen molar-refractivity contribution in [2.75, 3.05) is 18.4 Å². The van der Waals surface area contributed by atoms with Crippen LogP contribution in [-0.2, 0) is 19.7 Å². The summed E-state index contributed by atoms with van der Waals surface area (Å²) in [5.41, 5.74) is 1.53. The molecule has 0 aromatic heterocycles. The number of ether oxygens (including phenoxy) is 2. The Balaban J connectivity index is 1.62. The maximum Gasteiger partial charge on any atom is 0.338 e. The van der Waals surface area contributed by atoms with Crippen molar-refractivity contribution in [3.63, 3.8) is 0 Å². The second-order valence-electron chi connectivity index (χ2n) is 14.5. The summed E-state index contributed by atoms with van der Waals surface area (Å²) in [4.78, 5) is 26.3. The molecule has 0 aliphatic carbocycles. The van der Waals surface area contributed by atoms with Gasteiger partial charge >= 0.3 is 11.9 Å². The predicted molar refractivity (Wildman–Crippen MR) is 179 cm³/mol. The van der Waals surface area contributed by atoms with E-state index in [1.807, 2.05) is 52.0 Å². The van der Waals surface area contributed by atoms with Crippen molar-refractivity contribution in [2.45, 2.75) is 136 Å². The third-order valence-corrected chi connectivity index (χ3v) is 9.73. The molecule has 3 rings (SSSR count). The predicted octanol–water partition coefficient (Wildman–Crippen LogP) is 8.58. The molecule has 43 heavy (non-hydrogen) atoms. The first-order chi connectivity index (χ1) is 20.3. The molecule has 7 heteroatoms. The van der Waals surface area contributed by atoms with Gasteiger partial charge in [0.1, 0.15) is 11.2 Å². The van der Waals surface area contributed by atoms with E-state index >= 15 is 0 Å². The van der Waals surface area contributed by atoms with Crippen LogP contribution in [0.1, 0.15) is 135 Å². The fourth-order valence-corrected chi connectivity index (χ4v) is 7.01. The first kappa shape index (κ1) is 35.5. The van der Waals surface area contributed by atoms with Crippen molar-refractivity contribution in [1.29, 1.82) is 0 Å². The maximum atomic E-state index is 13.3. The highest BCUT2D eigenvalue weighted by molar-refractivity contribution is 9.09. The number of carbonyl (C=O) groups excluding carboxylic acids is 2. The first-order valence-corrected chi connectivity index (χ1v) is 17.7. The van der Waals surface area contributed by atoms with Gasteiger partial charge in [0.2, 0.25) is 0 Å². The van der Waals surface area contributed by atoms with Crippen LogP contribution in [0.2, 0.25) is 0 Å². The van der Waals surface area contributed by atoms with Gasteiger partial charge < -0.3 is 20.1 Å². The quantitative estimate of drug-likeness (QED) is 0.111. The lowest BCUT2D eigenvalue weighted by Gasteiger charge is -2.48. The Labute approximate surface area is 269 Å². The number of benzene rings is 1. The highest BCUT2D eigenvalue weighted by Crippen LogP contribution is 2.45. The third kappa shape index (κ3) is 10.3. The van der Waals surface area contributed by atoms with Crippen LogP contribution < -0.4 is 10.6 Å². The summed E-state index contributed by atoms with van der Waals surface area (Å²) in [5.74, 6) is 0.594. The summed E-state index contributed by atoms with van der Waals surface area (Å²) in [6.45, 7) is 16.2. The van der Waals surface area contributed by atoms with E-state index in [4.69, 9.17) is 9.47 Å². The number of hydrogen-bond acceptors (Lipinski definition) is 6. The van der Waals surface area contributed by atoms with Gasteiger partial charge in [-0.25, -0.2) is 4.79 Å². The summed E-state index contributed by atoms with van der Waals surface area (Å²) in [5, 5.41) is 8.17. The van der Waals surface area contributed by atoms with Gasteiger partial charge in [0.05, 0.1) is 11.4 Å². The summed E-state index contributed by atoms with van der Waals surface area (Å²) in [7, 11) is 0. The minimum atomic E-state index is -0.742. The van der Waals surface area contributed by atoms with Gasteiger partial charge in [-0.15, -0.1) is 0 Å². The van der Waals surface area contributed by atoms with Gasteiger partial charge in [-0.3, -0.25) is 4.79 Å². The largest absolute Gasteiger partial charge is 0.459 e. The fraction of sp³-hybridized carbons (Fsp3) is 0.722. The van der Waals surface area contributed by atoms with Crippen molar-refractivity contribution in [3.8, 4) is 0 Å². The van der Waals surface area contributed by atoms with Crippen LogP contribution in [0.4, 0.5) is 0 Å². The molecule has 6 nitrogen and oxygen atoms in total. The molecule has 0 spiro atoms. The molecule has 1 aromatic rings. The molecule has 2 unspecified atom stereocenters. The van der Waals surface area contributed by atoms with Crippen molar-refractivity contribution >= 4 is 27.9 Å². The SMILES string of the molecule is CC(C)(C)c1ccc(C(=O)OC(C)(C)C2CCNC3=C2C(C(C)(C)OC(=O)CCCCCCCCCCBr)CCN3)cc1. The summed E-state index contributed by atoms with van der Waals surface area (Å²) in [6.07, 6.45) is 11.6. The van der Waals surface area contributed by atoms with Crippen LogP contribution in [0, 0.1) is 11.8 Å². The van der Waals surface area contributed by atoms with Crippen LogP contribution in [0.3, 0.4) is 0 Å². The zero-order valence-corrected chi connectivity index (χ0v) is 29.5. The third-order valence-electron chi connectivity index (χ3n) is 9.17. The molecule has 2 atom stereocenters. The van der Waals surface area contributed by atoms with Gasteiger partial charge in [-0.2, -0.15) is 0 Å². The van der Waals surface area contributed by atoms with E-state index in [1.165, 1.54) is 49.7 Å². The molecule has 1 aromatic carbocycles. The first-order valence-electron chi connectivity index (χ1n) is 16.6. The van der Waals surface area contributed by atoms with E-state index in [9.17, 15) is 9.59 Å². The van der Waals surface area contributed by atoms with E-state index < -0.39 is 11.2 Å². The van der Waals surface area contributed by atoms with Crippen molar-refractivity contribution < 1.29 is 19.1 Å².